The predicted octanol–water partition coefficient (Wildman–Crippen LogP) is 4.29. The van der Waals surface area contributed by atoms with Gasteiger partial charge in [0.1, 0.15) is 0 Å². The molecule has 0 saturated carbocycles. The van der Waals surface area contributed by atoms with Crippen LogP contribution in [-0.4, -0.2) is 24.5 Å². The lowest BCUT2D eigenvalue weighted by molar-refractivity contribution is 0.0636. The second kappa shape index (κ2) is 5.87. The van der Waals surface area contributed by atoms with Crippen molar-refractivity contribution in [2.24, 2.45) is 5.92 Å². The maximum absolute atomic E-state index is 12.6. The lowest BCUT2D eigenvalue weighted by Gasteiger charge is -2.31. The van der Waals surface area contributed by atoms with Gasteiger partial charge in [-0.2, -0.15) is 0 Å². The maximum Gasteiger partial charge on any atom is 0.241 e. The average Bonchev–Trinajstić information content (AvgIpc) is 2.98. The van der Waals surface area contributed by atoms with Gasteiger partial charge >= 0.3 is 0 Å². The summed E-state index contributed by atoms with van der Waals surface area (Å²) in [6.45, 7) is 1.35. The summed E-state index contributed by atoms with van der Waals surface area (Å²) in [4.78, 5) is 6.75. The van der Waals surface area contributed by atoms with Crippen molar-refractivity contribution in [3.63, 3.8) is 0 Å². The first-order valence-corrected chi connectivity index (χ1v) is 7.66. The van der Waals surface area contributed by atoms with E-state index in [1.807, 2.05) is 35.7 Å². The van der Waals surface area contributed by atoms with Crippen molar-refractivity contribution in [2.75, 3.05) is 18.0 Å². The van der Waals surface area contributed by atoms with E-state index >= 15 is 0 Å². The number of thiazole rings is 1. The summed E-state index contributed by atoms with van der Waals surface area (Å²) in [5, 5.41) is 2.97. The van der Waals surface area contributed by atoms with Crippen LogP contribution in [0.2, 0.25) is 0 Å². The minimum atomic E-state index is -2.19. The van der Waals surface area contributed by atoms with Crippen molar-refractivity contribution in [1.29, 1.82) is 0 Å². The number of aromatic nitrogens is 1. The van der Waals surface area contributed by atoms with Crippen molar-refractivity contribution < 1.29 is 8.78 Å². The van der Waals surface area contributed by atoms with Crippen molar-refractivity contribution in [3.8, 4) is 11.3 Å². The van der Waals surface area contributed by atoms with Crippen LogP contribution < -0.4 is 4.90 Å². The van der Waals surface area contributed by atoms with Crippen molar-refractivity contribution in [2.45, 2.75) is 19.3 Å². The molecule has 1 aromatic carbocycles. The van der Waals surface area contributed by atoms with Crippen LogP contribution in [0.3, 0.4) is 0 Å². The Bertz CT molecular complexity index is 548. The van der Waals surface area contributed by atoms with Gasteiger partial charge in [-0.05, 0) is 12.8 Å². The number of alkyl halides is 2. The van der Waals surface area contributed by atoms with Gasteiger partial charge in [-0.1, -0.05) is 30.3 Å². The smallest absolute Gasteiger partial charge is 0.241 e. The highest BCUT2D eigenvalue weighted by Gasteiger charge is 2.27. The summed E-state index contributed by atoms with van der Waals surface area (Å²) >= 11 is 1.59. The third-order valence-electron chi connectivity index (χ3n) is 3.73. The maximum atomic E-state index is 12.6. The average molecular weight is 294 g/mol. The van der Waals surface area contributed by atoms with Gasteiger partial charge in [-0.15, -0.1) is 11.3 Å². The van der Waals surface area contributed by atoms with Gasteiger partial charge in [0.2, 0.25) is 6.43 Å². The van der Waals surface area contributed by atoms with Gasteiger partial charge in [-0.3, -0.25) is 0 Å². The summed E-state index contributed by atoms with van der Waals surface area (Å²) in [5.74, 6) is -0.445. The number of anilines is 1. The molecular formula is C15H16F2N2S. The molecule has 2 nitrogen and oxygen atoms in total. The Morgan fingerprint density at radius 1 is 1.15 bits per heavy atom. The molecule has 0 aliphatic carbocycles. The van der Waals surface area contributed by atoms with Crippen LogP contribution in [0.15, 0.2) is 35.7 Å². The fraction of sp³-hybridized carbons (Fsp3) is 0.400. The number of hydrogen-bond acceptors (Lipinski definition) is 3. The fourth-order valence-corrected chi connectivity index (χ4v) is 3.38. The molecular weight excluding hydrogens is 278 g/mol. The Kier molecular flexibility index (Phi) is 3.96. The zero-order valence-electron chi connectivity index (χ0n) is 11.0. The third-order valence-corrected chi connectivity index (χ3v) is 4.63. The SMILES string of the molecule is FC(F)C1CCN(c2nc(-c3ccccc3)cs2)CC1. The molecule has 1 aromatic heterocycles. The Hall–Kier alpha value is -1.49. The molecule has 1 saturated heterocycles. The molecule has 0 unspecified atom stereocenters. The predicted molar refractivity (Wildman–Crippen MR) is 78.5 cm³/mol. The Morgan fingerprint density at radius 3 is 2.50 bits per heavy atom. The topological polar surface area (TPSA) is 16.1 Å². The Balaban J connectivity index is 1.69. The zero-order valence-corrected chi connectivity index (χ0v) is 11.8. The quantitative estimate of drug-likeness (QED) is 0.839. The van der Waals surface area contributed by atoms with Gasteiger partial charge in [0, 0.05) is 30.0 Å². The lowest BCUT2D eigenvalue weighted by Crippen LogP contribution is -2.35. The minimum Gasteiger partial charge on any atom is -0.348 e. The molecule has 3 rings (SSSR count). The summed E-state index contributed by atoms with van der Waals surface area (Å²) < 4.78 is 25.3. The monoisotopic (exact) mass is 294 g/mol. The number of benzene rings is 1. The van der Waals surface area contributed by atoms with Crippen LogP contribution in [0.5, 0.6) is 0 Å². The van der Waals surface area contributed by atoms with Crippen LogP contribution in [0.4, 0.5) is 13.9 Å². The molecule has 2 heterocycles. The number of rotatable bonds is 3. The second-order valence-corrected chi connectivity index (χ2v) is 5.88. The van der Waals surface area contributed by atoms with E-state index in [-0.39, 0.29) is 0 Å². The normalized spacial score (nSPS) is 16.9. The molecule has 5 heteroatoms. The van der Waals surface area contributed by atoms with Gasteiger partial charge in [0.25, 0.3) is 0 Å². The first-order chi connectivity index (χ1) is 9.74. The van der Waals surface area contributed by atoms with Gasteiger partial charge in [-0.25, -0.2) is 13.8 Å². The highest BCUT2D eigenvalue weighted by molar-refractivity contribution is 7.14. The molecule has 106 valence electrons. The Morgan fingerprint density at radius 2 is 1.85 bits per heavy atom. The summed E-state index contributed by atoms with van der Waals surface area (Å²) in [6.07, 6.45) is -1.08. The number of piperidine rings is 1. The molecule has 2 aromatic rings. The summed E-state index contributed by atoms with van der Waals surface area (Å²) in [6, 6.07) is 10.0. The molecule has 0 amide bonds. The van der Waals surface area contributed by atoms with E-state index < -0.39 is 12.3 Å². The molecule has 0 radical (unpaired) electrons. The molecule has 1 fully saturated rings. The summed E-state index contributed by atoms with van der Waals surface area (Å²) in [5.41, 5.74) is 2.05. The van der Waals surface area contributed by atoms with E-state index in [1.54, 1.807) is 11.3 Å². The van der Waals surface area contributed by atoms with E-state index in [0.717, 1.165) is 16.4 Å². The molecule has 20 heavy (non-hydrogen) atoms. The molecule has 0 bridgehead atoms. The van der Waals surface area contributed by atoms with Crippen LogP contribution in [0.1, 0.15) is 12.8 Å². The second-order valence-electron chi connectivity index (χ2n) is 5.04. The van der Waals surface area contributed by atoms with Gasteiger partial charge < -0.3 is 4.90 Å². The van der Waals surface area contributed by atoms with Gasteiger partial charge in [0.15, 0.2) is 5.13 Å². The number of halogens is 2. The molecule has 0 atom stereocenters. The number of hydrogen-bond donors (Lipinski definition) is 0. The third kappa shape index (κ3) is 2.82. The minimum absolute atomic E-state index is 0.445. The molecule has 0 N–H and O–H groups in total. The summed E-state index contributed by atoms with van der Waals surface area (Å²) in [7, 11) is 0. The zero-order chi connectivity index (χ0) is 13.9. The number of nitrogens with zero attached hydrogens (tertiary/aromatic N) is 2. The van der Waals surface area contributed by atoms with Crippen LogP contribution in [0.25, 0.3) is 11.3 Å². The first kappa shape index (κ1) is 13.5. The van der Waals surface area contributed by atoms with E-state index in [1.165, 1.54) is 0 Å². The Labute approximate surface area is 121 Å². The van der Waals surface area contributed by atoms with Crippen LogP contribution >= 0.6 is 11.3 Å². The van der Waals surface area contributed by atoms with Crippen molar-refractivity contribution in [1.82, 2.24) is 4.98 Å². The molecule has 0 spiro atoms. The highest BCUT2D eigenvalue weighted by atomic mass is 32.1. The van der Waals surface area contributed by atoms with E-state index in [4.69, 9.17) is 0 Å². The fourth-order valence-electron chi connectivity index (χ4n) is 2.49. The molecule has 1 aliphatic heterocycles. The van der Waals surface area contributed by atoms with E-state index in [9.17, 15) is 8.78 Å². The van der Waals surface area contributed by atoms with Crippen molar-refractivity contribution in [3.05, 3.63) is 35.7 Å². The van der Waals surface area contributed by atoms with Crippen LogP contribution in [-0.2, 0) is 0 Å². The van der Waals surface area contributed by atoms with Crippen LogP contribution in [0, 0.1) is 5.92 Å². The van der Waals surface area contributed by atoms with Crippen molar-refractivity contribution >= 4 is 16.5 Å². The first-order valence-electron chi connectivity index (χ1n) is 6.78. The van der Waals surface area contributed by atoms with E-state index in [0.29, 0.717) is 25.9 Å². The standard InChI is InChI=1S/C15H16F2N2S/c16-14(17)12-6-8-19(9-7-12)15-18-13(10-20-15)11-4-2-1-3-5-11/h1-5,10,12,14H,6-9H2. The van der Waals surface area contributed by atoms with Gasteiger partial charge in [0.05, 0.1) is 5.69 Å². The molecule has 1 aliphatic rings. The lowest BCUT2D eigenvalue weighted by atomic mass is 9.98. The van der Waals surface area contributed by atoms with E-state index in [2.05, 4.69) is 9.88 Å². The largest absolute Gasteiger partial charge is 0.348 e. The highest BCUT2D eigenvalue weighted by Crippen LogP contribution is 2.31.